The summed E-state index contributed by atoms with van der Waals surface area (Å²) >= 11 is 0. The van der Waals surface area contributed by atoms with Gasteiger partial charge < -0.3 is 5.32 Å². The highest BCUT2D eigenvalue weighted by Crippen LogP contribution is 2.18. The fourth-order valence-electron chi connectivity index (χ4n) is 3.39. The number of unbranched alkanes of at least 4 members (excludes halogenated alkanes) is 3. The lowest BCUT2D eigenvalue weighted by atomic mass is 10.1. The van der Waals surface area contributed by atoms with Gasteiger partial charge in [0.15, 0.2) is 0 Å². The Morgan fingerprint density at radius 3 is 2.67 bits per heavy atom. The molecule has 1 aromatic heterocycles. The molecule has 0 fully saturated rings. The fraction of sp³-hybridized carbons (Fsp3) is 0.565. The lowest BCUT2D eigenvalue weighted by molar-refractivity contribution is 0.275. The predicted octanol–water partition coefficient (Wildman–Crippen LogP) is 4.67. The van der Waals surface area contributed by atoms with Crippen molar-refractivity contribution in [3.8, 4) is 0 Å². The molecule has 2 rings (SSSR count). The van der Waals surface area contributed by atoms with Crippen LogP contribution in [0.15, 0.2) is 46.2 Å². The Bertz CT molecular complexity index is 673. The molecule has 0 bridgehead atoms. The fourth-order valence-corrected chi connectivity index (χ4v) is 3.39. The second-order valence-corrected chi connectivity index (χ2v) is 7.63. The van der Waals surface area contributed by atoms with Gasteiger partial charge >= 0.3 is 0 Å². The van der Waals surface area contributed by atoms with Gasteiger partial charge in [-0.1, -0.05) is 30.6 Å². The molecule has 1 aliphatic heterocycles. The van der Waals surface area contributed by atoms with E-state index in [1.165, 1.54) is 53.8 Å². The van der Waals surface area contributed by atoms with Gasteiger partial charge in [-0.3, -0.25) is 14.9 Å². The minimum absolute atomic E-state index is 0.887. The van der Waals surface area contributed by atoms with Gasteiger partial charge in [0.2, 0.25) is 0 Å². The minimum atomic E-state index is 0.887. The van der Waals surface area contributed by atoms with E-state index in [-0.39, 0.29) is 0 Å². The Morgan fingerprint density at radius 2 is 1.89 bits per heavy atom. The number of nitrogens with one attached hydrogen (secondary N) is 1. The van der Waals surface area contributed by atoms with Crippen LogP contribution in [0.5, 0.6) is 0 Å². The first-order valence-corrected chi connectivity index (χ1v) is 10.3. The van der Waals surface area contributed by atoms with Gasteiger partial charge in [-0.15, -0.1) is 0 Å². The van der Waals surface area contributed by atoms with Crippen LogP contribution in [-0.2, 0) is 6.54 Å². The van der Waals surface area contributed by atoms with Crippen molar-refractivity contribution in [1.29, 1.82) is 0 Å². The molecule has 148 valence electrons. The van der Waals surface area contributed by atoms with E-state index in [2.05, 4.69) is 54.3 Å². The molecule has 1 aliphatic rings. The van der Waals surface area contributed by atoms with Crippen molar-refractivity contribution >= 4 is 6.21 Å². The van der Waals surface area contributed by atoms with E-state index >= 15 is 0 Å². The zero-order valence-corrected chi connectivity index (χ0v) is 17.6. The van der Waals surface area contributed by atoms with Crippen molar-refractivity contribution in [2.45, 2.75) is 59.4 Å². The van der Waals surface area contributed by atoms with Crippen molar-refractivity contribution in [3.63, 3.8) is 0 Å². The normalized spacial score (nSPS) is 14.6. The van der Waals surface area contributed by atoms with E-state index in [0.717, 1.165) is 32.6 Å². The number of hydrogen-bond donors (Lipinski definition) is 1. The highest BCUT2D eigenvalue weighted by Gasteiger charge is 2.13. The molecule has 0 saturated heterocycles. The number of rotatable bonds is 11. The molecule has 0 saturated carbocycles. The maximum absolute atomic E-state index is 4.76. The quantitative estimate of drug-likeness (QED) is 0.577. The first-order chi connectivity index (χ1) is 13.1. The number of aryl methyl sites for hydroxylation is 1. The van der Waals surface area contributed by atoms with Crippen LogP contribution in [0.1, 0.15) is 57.2 Å². The molecule has 0 amide bonds. The van der Waals surface area contributed by atoms with Crippen molar-refractivity contribution in [1.82, 2.24) is 15.2 Å². The Hall–Kier alpha value is -1.78. The second-order valence-electron chi connectivity index (χ2n) is 7.63. The SMILES string of the molecule is CNCCCCCCN(CC1=C(C)C=C(C)CC=N1)Cc1ncccc1C. The third-order valence-corrected chi connectivity index (χ3v) is 5.09. The zero-order valence-electron chi connectivity index (χ0n) is 17.6. The summed E-state index contributed by atoms with van der Waals surface area (Å²) in [6, 6.07) is 4.17. The number of pyridine rings is 1. The van der Waals surface area contributed by atoms with E-state index in [0.29, 0.717) is 0 Å². The largest absolute Gasteiger partial charge is 0.320 e. The zero-order chi connectivity index (χ0) is 19.5. The average molecular weight is 369 g/mol. The van der Waals surface area contributed by atoms with Gasteiger partial charge in [0.1, 0.15) is 0 Å². The Kier molecular flexibility index (Phi) is 9.43. The number of nitrogens with zero attached hydrogens (tertiary/aromatic N) is 3. The molecule has 0 radical (unpaired) electrons. The van der Waals surface area contributed by atoms with Gasteiger partial charge in [0.25, 0.3) is 0 Å². The summed E-state index contributed by atoms with van der Waals surface area (Å²) < 4.78 is 0. The van der Waals surface area contributed by atoms with E-state index < -0.39 is 0 Å². The molecule has 0 aliphatic carbocycles. The molecular weight excluding hydrogens is 332 g/mol. The smallest absolute Gasteiger partial charge is 0.0573 e. The molecular formula is C23H36N4. The standard InChI is InChI=1S/C23H36N4/c1-19-11-14-26-23(21(3)16-19)18-27(15-8-6-5-7-12-24-4)17-22-20(2)10-9-13-25-22/h9-10,13-14,16,24H,5-8,11-12,15,17-18H2,1-4H3. The maximum atomic E-state index is 4.76. The molecule has 0 atom stereocenters. The van der Waals surface area contributed by atoms with Crippen LogP contribution in [0.25, 0.3) is 0 Å². The molecule has 0 unspecified atom stereocenters. The summed E-state index contributed by atoms with van der Waals surface area (Å²) in [5.74, 6) is 0. The van der Waals surface area contributed by atoms with E-state index in [1.807, 2.05) is 19.3 Å². The van der Waals surface area contributed by atoms with Crippen molar-refractivity contribution < 1.29 is 0 Å². The van der Waals surface area contributed by atoms with Gasteiger partial charge in [-0.25, -0.2) is 0 Å². The minimum Gasteiger partial charge on any atom is -0.320 e. The third-order valence-electron chi connectivity index (χ3n) is 5.09. The summed E-state index contributed by atoms with van der Waals surface area (Å²) in [6.45, 7) is 10.5. The molecule has 27 heavy (non-hydrogen) atoms. The Labute approximate surface area is 165 Å². The number of hydrogen-bond acceptors (Lipinski definition) is 4. The van der Waals surface area contributed by atoms with Crippen molar-refractivity contribution in [2.75, 3.05) is 26.7 Å². The van der Waals surface area contributed by atoms with Gasteiger partial charge in [-0.2, -0.15) is 0 Å². The Morgan fingerprint density at radius 1 is 1.07 bits per heavy atom. The first-order valence-electron chi connectivity index (χ1n) is 10.3. The third kappa shape index (κ3) is 7.77. The van der Waals surface area contributed by atoms with Crippen molar-refractivity contribution in [3.05, 3.63) is 52.5 Å². The predicted molar refractivity (Wildman–Crippen MR) is 116 cm³/mol. The van der Waals surface area contributed by atoms with Crippen LogP contribution < -0.4 is 5.32 Å². The van der Waals surface area contributed by atoms with E-state index in [1.54, 1.807) is 0 Å². The molecule has 2 heterocycles. The summed E-state index contributed by atoms with van der Waals surface area (Å²) in [4.78, 5) is 11.9. The van der Waals surface area contributed by atoms with Gasteiger partial charge in [0, 0.05) is 31.9 Å². The monoisotopic (exact) mass is 368 g/mol. The van der Waals surface area contributed by atoms with Gasteiger partial charge in [0.05, 0.1) is 11.4 Å². The average Bonchev–Trinajstić information content (AvgIpc) is 2.80. The van der Waals surface area contributed by atoms with E-state index in [4.69, 9.17) is 4.99 Å². The molecule has 4 heteroatoms. The molecule has 0 aromatic carbocycles. The molecule has 1 N–H and O–H groups in total. The highest BCUT2D eigenvalue weighted by molar-refractivity contribution is 5.64. The van der Waals surface area contributed by atoms with E-state index in [9.17, 15) is 0 Å². The lowest BCUT2D eigenvalue weighted by Gasteiger charge is -2.23. The summed E-state index contributed by atoms with van der Waals surface area (Å²) in [6.07, 6.45) is 12.2. The first kappa shape index (κ1) is 21.5. The summed E-state index contributed by atoms with van der Waals surface area (Å²) in [5.41, 5.74) is 6.30. The second kappa shape index (κ2) is 11.8. The molecule has 4 nitrogen and oxygen atoms in total. The highest BCUT2D eigenvalue weighted by atomic mass is 15.1. The lowest BCUT2D eigenvalue weighted by Crippen LogP contribution is -2.27. The number of allylic oxidation sites excluding steroid dienone is 3. The van der Waals surface area contributed by atoms with Crippen LogP contribution >= 0.6 is 0 Å². The molecule has 0 spiro atoms. The maximum Gasteiger partial charge on any atom is 0.0573 e. The van der Waals surface area contributed by atoms with Crippen LogP contribution in [0.2, 0.25) is 0 Å². The van der Waals surface area contributed by atoms with Crippen molar-refractivity contribution in [2.24, 2.45) is 4.99 Å². The Balaban J connectivity index is 2.02. The van der Waals surface area contributed by atoms with Gasteiger partial charge in [-0.05, 0) is 71.0 Å². The summed E-state index contributed by atoms with van der Waals surface area (Å²) in [5, 5.41) is 3.23. The molecule has 1 aromatic rings. The number of aliphatic imine (C=N–C) groups is 1. The topological polar surface area (TPSA) is 40.5 Å². The van der Waals surface area contributed by atoms with Crippen LogP contribution in [0.4, 0.5) is 0 Å². The van der Waals surface area contributed by atoms with Crippen LogP contribution in [-0.4, -0.2) is 42.8 Å². The van der Waals surface area contributed by atoms with Crippen LogP contribution in [0.3, 0.4) is 0 Å². The summed E-state index contributed by atoms with van der Waals surface area (Å²) in [7, 11) is 2.02. The van der Waals surface area contributed by atoms with Crippen LogP contribution in [0, 0.1) is 6.92 Å². The number of aromatic nitrogens is 1.